The molecule has 0 amide bonds. The van der Waals surface area contributed by atoms with Crippen LogP contribution in [0.4, 0.5) is 13.2 Å². The van der Waals surface area contributed by atoms with Crippen LogP contribution < -0.4 is 0 Å². The zero-order valence-corrected chi connectivity index (χ0v) is 12.8. The Balaban J connectivity index is 2.35. The topological polar surface area (TPSA) is 38.0 Å². The van der Waals surface area contributed by atoms with Crippen molar-refractivity contribution in [2.24, 2.45) is 0 Å². The molecule has 114 valence electrons. The number of hydrogen-bond donors (Lipinski definition) is 1. The number of rotatable bonds is 4. The molecule has 1 atom stereocenters. The van der Waals surface area contributed by atoms with Crippen LogP contribution in [0.25, 0.3) is 0 Å². The van der Waals surface area contributed by atoms with Crippen LogP contribution in [0.3, 0.4) is 0 Å². The number of benzene rings is 1. The second kappa shape index (κ2) is 6.19. The number of aryl methyl sites for hydroxylation is 1. The summed E-state index contributed by atoms with van der Waals surface area (Å²) >= 11 is 3.18. The monoisotopic (exact) mass is 362 g/mol. The molecule has 0 saturated heterocycles. The predicted octanol–water partition coefficient (Wildman–Crippen LogP) is 4.16. The lowest BCUT2D eigenvalue weighted by molar-refractivity contribution is -0.137. The summed E-state index contributed by atoms with van der Waals surface area (Å²) in [5, 5.41) is 14.4. The van der Waals surface area contributed by atoms with Gasteiger partial charge in [-0.15, -0.1) is 0 Å². The second-order valence-electron chi connectivity index (χ2n) is 4.67. The highest BCUT2D eigenvalue weighted by Gasteiger charge is 2.31. The van der Waals surface area contributed by atoms with Crippen LogP contribution in [-0.4, -0.2) is 14.9 Å². The highest BCUT2D eigenvalue weighted by atomic mass is 79.9. The first kappa shape index (κ1) is 16.0. The molecule has 0 aliphatic rings. The zero-order chi connectivity index (χ0) is 15.6. The molecule has 0 aliphatic heterocycles. The van der Waals surface area contributed by atoms with Crippen molar-refractivity contribution in [1.82, 2.24) is 9.78 Å². The molecule has 1 unspecified atom stereocenters. The molecule has 1 N–H and O–H groups in total. The Morgan fingerprint density at radius 2 is 2.10 bits per heavy atom. The van der Waals surface area contributed by atoms with E-state index in [1.165, 1.54) is 12.3 Å². The Hall–Kier alpha value is -1.34. The lowest BCUT2D eigenvalue weighted by Crippen LogP contribution is -2.08. The van der Waals surface area contributed by atoms with E-state index in [1.807, 2.05) is 6.92 Å². The van der Waals surface area contributed by atoms with Gasteiger partial charge in [0.25, 0.3) is 0 Å². The third kappa shape index (κ3) is 3.65. The van der Waals surface area contributed by atoms with Gasteiger partial charge in [-0.05, 0) is 30.2 Å². The summed E-state index contributed by atoms with van der Waals surface area (Å²) in [6, 6.07) is 3.21. The average molecular weight is 363 g/mol. The van der Waals surface area contributed by atoms with Crippen LogP contribution in [0, 0.1) is 0 Å². The Morgan fingerprint density at radius 1 is 1.38 bits per heavy atom. The standard InChI is InChI=1S/C14H14BrF3N2O/c1-2-5-20-8-9(7-19-20)13(21)11-6-10(14(16,17)18)3-4-12(11)15/h3-4,6-8,13,21H,2,5H2,1H3. The van der Waals surface area contributed by atoms with Gasteiger partial charge < -0.3 is 5.11 Å². The Bertz CT molecular complexity index is 625. The summed E-state index contributed by atoms with van der Waals surface area (Å²) in [5.41, 5.74) is -0.162. The number of nitrogens with zero attached hydrogens (tertiary/aromatic N) is 2. The van der Waals surface area contributed by atoms with Gasteiger partial charge in [-0.3, -0.25) is 4.68 Å². The van der Waals surface area contributed by atoms with Crippen molar-refractivity contribution in [3.63, 3.8) is 0 Å². The summed E-state index contributed by atoms with van der Waals surface area (Å²) in [6.07, 6.45) is -1.62. The number of aromatic nitrogens is 2. The maximum absolute atomic E-state index is 12.8. The SMILES string of the molecule is CCCn1cc(C(O)c2cc(C(F)(F)F)ccc2Br)cn1. The van der Waals surface area contributed by atoms with E-state index in [4.69, 9.17) is 0 Å². The summed E-state index contributed by atoms with van der Waals surface area (Å²) in [7, 11) is 0. The normalized spacial score (nSPS) is 13.4. The van der Waals surface area contributed by atoms with Crippen molar-refractivity contribution in [2.75, 3.05) is 0 Å². The third-order valence-corrected chi connectivity index (χ3v) is 3.76. The van der Waals surface area contributed by atoms with Crippen molar-refractivity contribution >= 4 is 15.9 Å². The highest BCUT2D eigenvalue weighted by Crippen LogP contribution is 2.35. The smallest absolute Gasteiger partial charge is 0.383 e. The fourth-order valence-electron chi connectivity index (χ4n) is 1.98. The van der Waals surface area contributed by atoms with E-state index in [-0.39, 0.29) is 5.56 Å². The van der Waals surface area contributed by atoms with Crippen molar-refractivity contribution in [3.05, 3.63) is 51.8 Å². The maximum atomic E-state index is 12.8. The van der Waals surface area contributed by atoms with Crippen LogP contribution in [-0.2, 0) is 12.7 Å². The first-order valence-corrected chi connectivity index (χ1v) is 7.19. The minimum atomic E-state index is -4.44. The van der Waals surface area contributed by atoms with E-state index in [0.29, 0.717) is 16.6 Å². The summed E-state index contributed by atoms with van der Waals surface area (Å²) in [5.74, 6) is 0. The van der Waals surface area contributed by atoms with Gasteiger partial charge in [-0.2, -0.15) is 18.3 Å². The van der Waals surface area contributed by atoms with Gasteiger partial charge in [0, 0.05) is 22.8 Å². The molecule has 7 heteroatoms. The number of aliphatic hydroxyl groups is 1. The lowest BCUT2D eigenvalue weighted by atomic mass is 10.0. The van der Waals surface area contributed by atoms with Crippen molar-refractivity contribution in [3.8, 4) is 0 Å². The zero-order valence-electron chi connectivity index (χ0n) is 11.2. The molecule has 1 heterocycles. The van der Waals surface area contributed by atoms with Crippen LogP contribution in [0.5, 0.6) is 0 Å². The molecule has 21 heavy (non-hydrogen) atoms. The van der Waals surface area contributed by atoms with Crippen molar-refractivity contribution in [1.29, 1.82) is 0 Å². The summed E-state index contributed by atoms with van der Waals surface area (Å²) in [6.45, 7) is 2.68. The van der Waals surface area contributed by atoms with E-state index in [1.54, 1.807) is 10.9 Å². The number of halogens is 4. The van der Waals surface area contributed by atoms with Gasteiger partial charge in [0.2, 0.25) is 0 Å². The minimum absolute atomic E-state index is 0.167. The lowest BCUT2D eigenvalue weighted by Gasteiger charge is -2.14. The van der Waals surface area contributed by atoms with Crippen molar-refractivity contribution < 1.29 is 18.3 Å². The molecule has 0 bridgehead atoms. The molecule has 0 aliphatic carbocycles. The molecule has 0 fully saturated rings. The number of alkyl halides is 3. The first-order valence-electron chi connectivity index (χ1n) is 6.40. The highest BCUT2D eigenvalue weighted by molar-refractivity contribution is 9.10. The van der Waals surface area contributed by atoms with Crippen LogP contribution in [0.1, 0.15) is 36.1 Å². The molecular formula is C14H14BrF3N2O. The van der Waals surface area contributed by atoms with Crippen LogP contribution in [0.15, 0.2) is 35.1 Å². The predicted molar refractivity (Wildman–Crippen MR) is 75.7 cm³/mol. The molecule has 0 radical (unpaired) electrons. The van der Waals surface area contributed by atoms with Gasteiger partial charge >= 0.3 is 6.18 Å². The Labute approximate surface area is 128 Å². The molecule has 3 nitrogen and oxygen atoms in total. The molecule has 1 aromatic heterocycles. The fourth-order valence-corrected chi connectivity index (χ4v) is 2.44. The first-order chi connectivity index (χ1) is 9.82. The average Bonchev–Trinajstić information content (AvgIpc) is 2.86. The molecule has 1 aromatic carbocycles. The van der Waals surface area contributed by atoms with E-state index < -0.39 is 17.8 Å². The third-order valence-electron chi connectivity index (χ3n) is 3.04. The van der Waals surface area contributed by atoms with Crippen LogP contribution >= 0.6 is 15.9 Å². The van der Waals surface area contributed by atoms with Gasteiger partial charge in [-0.25, -0.2) is 0 Å². The Kier molecular flexibility index (Phi) is 4.73. The molecule has 2 aromatic rings. The van der Waals surface area contributed by atoms with E-state index >= 15 is 0 Å². The Morgan fingerprint density at radius 3 is 2.71 bits per heavy atom. The van der Waals surface area contributed by atoms with E-state index in [0.717, 1.165) is 18.6 Å². The van der Waals surface area contributed by atoms with Crippen molar-refractivity contribution in [2.45, 2.75) is 32.2 Å². The molecule has 0 spiro atoms. The summed E-state index contributed by atoms with van der Waals surface area (Å²) < 4.78 is 40.3. The largest absolute Gasteiger partial charge is 0.416 e. The molecule has 0 saturated carbocycles. The maximum Gasteiger partial charge on any atom is 0.416 e. The van der Waals surface area contributed by atoms with Gasteiger partial charge in [-0.1, -0.05) is 22.9 Å². The van der Waals surface area contributed by atoms with E-state index in [9.17, 15) is 18.3 Å². The molecular weight excluding hydrogens is 349 g/mol. The van der Waals surface area contributed by atoms with Gasteiger partial charge in [0.15, 0.2) is 0 Å². The summed E-state index contributed by atoms with van der Waals surface area (Å²) in [4.78, 5) is 0. The van der Waals surface area contributed by atoms with Gasteiger partial charge in [0.05, 0.1) is 11.8 Å². The van der Waals surface area contributed by atoms with Crippen LogP contribution in [0.2, 0.25) is 0 Å². The fraction of sp³-hybridized carbons (Fsp3) is 0.357. The molecule has 2 rings (SSSR count). The quantitative estimate of drug-likeness (QED) is 0.886. The van der Waals surface area contributed by atoms with Gasteiger partial charge in [0.1, 0.15) is 6.10 Å². The second-order valence-corrected chi connectivity index (χ2v) is 5.53. The number of hydrogen-bond acceptors (Lipinski definition) is 2. The van der Waals surface area contributed by atoms with E-state index in [2.05, 4.69) is 21.0 Å². The minimum Gasteiger partial charge on any atom is -0.383 e. The number of aliphatic hydroxyl groups excluding tert-OH is 1.